The molecule has 0 amide bonds. The Balaban J connectivity index is 1.52. The molecule has 7 nitrogen and oxygen atoms in total. The number of anilines is 1. The van der Waals surface area contributed by atoms with Gasteiger partial charge in [0.25, 0.3) is 0 Å². The highest BCUT2D eigenvalue weighted by atomic mass is 16.3. The summed E-state index contributed by atoms with van der Waals surface area (Å²) < 4.78 is 7.43. The van der Waals surface area contributed by atoms with Crippen LogP contribution in [0.25, 0.3) is 16.9 Å². The summed E-state index contributed by atoms with van der Waals surface area (Å²) in [6.07, 6.45) is 5.35. The fourth-order valence-corrected chi connectivity index (χ4v) is 2.99. The van der Waals surface area contributed by atoms with Gasteiger partial charge >= 0.3 is 0 Å². The third kappa shape index (κ3) is 3.57. The van der Waals surface area contributed by atoms with Crippen LogP contribution >= 0.6 is 0 Å². The lowest BCUT2D eigenvalue weighted by Gasteiger charge is -2.17. The second-order valence-corrected chi connectivity index (χ2v) is 6.44. The zero-order valence-electron chi connectivity index (χ0n) is 15.5. The van der Waals surface area contributed by atoms with Crippen molar-refractivity contribution >= 4 is 5.95 Å². The molecular weight excluding hydrogens is 340 g/mol. The average molecular weight is 360 g/mol. The Hall–Kier alpha value is -3.48. The lowest BCUT2D eigenvalue weighted by Crippen LogP contribution is -2.19. The Morgan fingerprint density at radius 1 is 1.15 bits per heavy atom. The molecular formula is C20H20N6O. The first-order chi connectivity index (χ1) is 13.1. The van der Waals surface area contributed by atoms with Gasteiger partial charge in [0.1, 0.15) is 11.5 Å². The molecule has 136 valence electrons. The molecule has 4 rings (SSSR count). The van der Waals surface area contributed by atoms with Crippen LogP contribution in [0.3, 0.4) is 0 Å². The van der Waals surface area contributed by atoms with Crippen LogP contribution in [0.4, 0.5) is 5.95 Å². The van der Waals surface area contributed by atoms with Crippen LogP contribution in [-0.2, 0) is 6.54 Å². The van der Waals surface area contributed by atoms with Gasteiger partial charge in [-0.15, -0.1) is 5.10 Å². The summed E-state index contributed by atoms with van der Waals surface area (Å²) in [7, 11) is 1.95. The number of hydrogen-bond acceptors (Lipinski definition) is 6. The number of nitrogens with zero attached hydrogens (tertiary/aromatic N) is 6. The second kappa shape index (κ2) is 7.03. The molecule has 0 aliphatic carbocycles. The number of furan rings is 1. The average Bonchev–Trinajstić information content (AvgIpc) is 3.32. The van der Waals surface area contributed by atoms with Crippen molar-refractivity contribution in [3.05, 3.63) is 72.1 Å². The number of aromatic nitrogens is 5. The lowest BCUT2D eigenvalue weighted by atomic mass is 10.2. The fraction of sp³-hybridized carbons (Fsp3) is 0.200. The van der Waals surface area contributed by atoms with Crippen molar-refractivity contribution in [3.8, 4) is 16.9 Å². The molecule has 3 aromatic heterocycles. The van der Waals surface area contributed by atoms with E-state index in [4.69, 9.17) is 4.42 Å². The molecule has 0 aliphatic heterocycles. The molecule has 0 fully saturated rings. The van der Waals surface area contributed by atoms with E-state index in [0.29, 0.717) is 12.5 Å². The van der Waals surface area contributed by atoms with Crippen molar-refractivity contribution < 1.29 is 4.42 Å². The molecule has 0 unspecified atom stereocenters. The Bertz CT molecular complexity index is 1040. The maximum Gasteiger partial charge on any atom is 0.245 e. The van der Waals surface area contributed by atoms with Crippen molar-refractivity contribution in [2.24, 2.45) is 0 Å². The van der Waals surface area contributed by atoms with Gasteiger partial charge in [-0.05, 0) is 43.7 Å². The van der Waals surface area contributed by atoms with Crippen molar-refractivity contribution in [2.45, 2.75) is 20.4 Å². The maximum atomic E-state index is 5.60. The largest absolute Gasteiger partial charge is 0.466 e. The number of aryl methyl sites for hydroxylation is 2. The second-order valence-electron chi connectivity index (χ2n) is 6.44. The summed E-state index contributed by atoms with van der Waals surface area (Å²) in [5.74, 6) is 2.26. The molecule has 27 heavy (non-hydrogen) atoms. The number of benzene rings is 1. The van der Waals surface area contributed by atoms with E-state index >= 15 is 0 Å². The van der Waals surface area contributed by atoms with Gasteiger partial charge in [0.15, 0.2) is 0 Å². The first-order valence-electron chi connectivity index (χ1n) is 8.67. The lowest BCUT2D eigenvalue weighted by molar-refractivity contribution is 0.505. The molecule has 0 saturated heterocycles. The van der Waals surface area contributed by atoms with Crippen molar-refractivity contribution in [2.75, 3.05) is 11.9 Å². The molecule has 0 radical (unpaired) electrons. The molecule has 4 aromatic rings. The quantitative estimate of drug-likeness (QED) is 0.542. The predicted molar refractivity (Wildman–Crippen MR) is 103 cm³/mol. The van der Waals surface area contributed by atoms with Gasteiger partial charge in [-0.3, -0.25) is 0 Å². The third-order valence-electron chi connectivity index (χ3n) is 4.33. The normalized spacial score (nSPS) is 10.9. The highest BCUT2D eigenvalue weighted by Gasteiger charge is 2.13. The van der Waals surface area contributed by atoms with Gasteiger partial charge in [0, 0.05) is 31.5 Å². The SMILES string of the molecule is Cc1cc(-c2cnnc(N(C)Cc3ccc(-n4cccn4)cc3)n2)c(C)o1. The summed E-state index contributed by atoms with van der Waals surface area (Å²) in [5.41, 5.74) is 3.88. The van der Waals surface area contributed by atoms with Crippen LogP contribution in [0.5, 0.6) is 0 Å². The smallest absolute Gasteiger partial charge is 0.245 e. The van der Waals surface area contributed by atoms with E-state index in [2.05, 4.69) is 32.4 Å². The van der Waals surface area contributed by atoms with Crippen LogP contribution in [-0.4, -0.2) is 32.0 Å². The van der Waals surface area contributed by atoms with E-state index in [0.717, 1.165) is 34.0 Å². The Labute approximate surface area is 157 Å². The third-order valence-corrected chi connectivity index (χ3v) is 4.33. The van der Waals surface area contributed by atoms with Crippen molar-refractivity contribution in [3.63, 3.8) is 0 Å². The van der Waals surface area contributed by atoms with Crippen LogP contribution in [0.1, 0.15) is 17.1 Å². The van der Waals surface area contributed by atoms with Crippen LogP contribution in [0.2, 0.25) is 0 Å². The molecule has 0 aliphatic rings. The molecule has 7 heteroatoms. The van der Waals surface area contributed by atoms with E-state index in [-0.39, 0.29) is 0 Å². The van der Waals surface area contributed by atoms with Gasteiger partial charge in [-0.25, -0.2) is 9.67 Å². The minimum Gasteiger partial charge on any atom is -0.466 e. The zero-order valence-corrected chi connectivity index (χ0v) is 15.5. The minimum absolute atomic E-state index is 0.571. The molecule has 1 aromatic carbocycles. The zero-order chi connectivity index (χ0) is 18.8. The predicted octanol–water partition coefficient (Wildman–Crippen LogP) is 3.57. The van der Waals surface area contributed by atoms with Gasteiger partial charge in [0.05, 0.1) is 17.6 Å². The van der Waals surface area contributed by atoms with Crippen molar-refractivity contribution in [1.29, 1.82) is 0 Å². The van der Waals surface area contributed by atoms with E-state index in [1.165, 1.54) is 0 Å². The molecule has 0 atom stereocenters. The Kier molecular flexibility index (Phi) is 4.42. The van der Waals surface area contributed by atoms with Crippen LogP contribution < -0.4 is 4.90 Å². The highest BCUT2D eigenvalue weighted by molar-refractivity contribution is 5.62. The summed E-state index contributed by atoms with van der Waals surface area (Å²) in [6, 6.07) is 12.1. The summed E-state index contributed by atoms with van der Waals surface area (Å²) in [4.78, 5) is 6.62. The molecule has 0 N–H and O–H groups in total. The molecule has 0 saturated carbocycles. The van der Waals surface area contributed by atoms with Gasteiger partial charge in [-0.2, -0.15) is 10.2 Å². The molecule has 0 bridgehead atoms. The monoisotopic (exact) mass is 360 g/mol. The topological polar surface area (TPSA) is 72.9 Å². The van der Waals surface area contributed by atoms with Crippen LogP contribution in [0.15, 0.2) is 59.4 Å². The first kappa shape index (κ1) is 17.0. The Morgan fingerprint density at radius 2 is 1.96 bits per heavy atom. The van der Waals surface area contributed by atoms with E-state index in [1.807, 2.05) is 60.9 Å². The molecule has 3 heterocycles. The van der Waals surface area contributed by atoms with E-state index in [9.17, 15) is 0 Å². The minimum atomic E-state index is 0.571. The molecule has 0 spiro atoms. The van der Waals surface area contributed by atoms with E-state index in [1.54, 1.807) is 12.4 Å². The number of rotatable bonds is 5. The van der Waals surface area contributed by atoms with Crippen molar-refractivity contribution in [1.82, 2.24) is 25.0 Å². The van der Waals surface area contributed by atoms with E-state index < -0.39 is 0 Å². The van der Waals surface area contributed by atoms with Crippen LogP contribution in [0, 0.1) is 13.8 Å². The maximum absolute atomic E-state index is 5.60. The van der Waals surface area contributed by atoms with Gasteiger partial charge < -0.3 is 9.32 Å². The highest BCUT2D eigenvalue weighted by Crippen LogP contribution is 2.25. The summed E-state index contributed by atoms with van der Waals surface area (Å²) in [6.45, 7) is 4.52. The standard InChI is InChI=1S/C20H20N6O/c1-14-11-18(15(2)27-14)19-12-21-24-20(23-19)25(3)13-16-5-7-17(8-6-16)26-10-4-9-22-26/h4-12H,13H2,1-3H3. The number of hydrogen-bond donors (Lipinski definition) is 0. The summed E-state index contributed by atoms with van der Waals surface area (Å²) >= 11 is 0. The Morgan fingerprint density at radius 3 is 2.63 bits per heavy atom. The first-order valence-corrected chi connectivity index (χ1v) is 8.67. The summed E-state index contributed by atoms with van der Waals surface area (Å²) in [5, 5.41) is 12.5. The van der Waals surface area contributed by atoms with Gasteiger partial charge in [0.2, 0.25) is 5.95 Å². The van der Waals surface area contributed by atoms with Gasteiger partial charge in [-0.1, -0.05) is 12.1 Å². The fourth-order valence-electron chi connectivity index (χ4n) is 2.99.